The van der Waals surface area contributed by atoms with Crippen LogP contribution in [0.25, 0.3) is 5.52 Å². The molecule has 39 heavy (non-hydrogen) atoms. The molecule has 1 aliphatic heterocycles. The summed E-state index contributed by atoms with van der Waals surface area (Å²) < 4.78 is 57.6. The van der Waals surface area contributed by atoms with Crippen LogP contribution in [0.3, 0.4) is 0 Å². The van der Waals surface area contributed by atoms with Gasteiger partial charge in [-0.3, -0.25) is 4.79 Å². The maximum absolute atomic E-state index is 14.6. The molecule has 0 aromatic carbocycles. The average Bonchev–Trinajstić information content (AvgIpc) is 3.38. The van der Waals surface area contributed by atoms with Gasteiger partial charge in [0, 0.05) is 18.7 Å². The molecule has 3 aromatic rings. The Balaban J connectivity index is 1.57. The summed E-state index contributed by atoms with van der Waals surface area (Å²) in [7, 11) is 1.83. The minimum atomic E-state index is -4.51. The number of nitrogens with one attached hydrogen (secondary N) is 2. The summed E-state index contributed by atoms with van der Waals surface area (Å²) >= 11 is 0. The van der Waals surface area contributed by atoms with Gasteiger partial charge in [0.15, 0.2) is 0 Å². The SMILES string of the molecule is CN1CC[C@@H](Nc2cccc3c(CC(F)(F)F)c(C#CCNC(=O)c4cnn(C(C)(C)C)c4O)nn23)[C@@H](F)C1. The number of hydrogen-bond acceptors (Lipinski definition) is 6. The van der Waals surface area contributed by atoms with E-state index in [1.165, 1.54) is 21.5 Å². The van der Waals surface area contributed by atoms with Crippen molar-refractivity contribution in [2.24, 2.45) is 0 Å². The van der Waals surface area contributed by atoms with E-state index in [2.05, 4.69) is 32.7 Å². The van der Waals surface area contributed by atoms with Crippen molar-refractivity contribution in [2.75, 3.05) is 32.0 Å². The summed E-state index contributed by atoms with van der Waals surface area (Å²) in [6, 6.07) is 4.21. The molecule has 1 fully saturated rings. The molecule has 1 aliphatic rings. The predicted molar refractivity (Wildman–Crippen MR) is 137 cm³/mol. The third-order valence-corrected chi connectivity index (χ3v) is 6.38. The number of anilines is 1. The summed E-state index contributed by atoms with van der Waals surface area (Å²) in [5.41, 5.74) is -0.609. The highest BCUT2D eigenvalue weighted by Gasteiger charge is 2.32. The Morgan fingerprint density at radius 2 is 2.00 bits per heavy atom. The molecule has 9 nitrogen and oxygen atoms in total. The summed E-state index contributed by atoms with van der Waals surface area (Å²) in [6.07, 6.45) is -5.16. The molecule has 0 spiro atoms. The van der Waals surface area contributed by atoms with Crippen LogP contribution in [0.4, 0.5) is 23.4 Å². The van der Waals surface area contributed by atoms with Crippen molar-refractivity contribution in [1.29, 1.82) is 0 Å². The largest absolute Gasteiger partial charge is 0.493 e. The van der Waals surface area contributed by atoms with Crippen molar-refractivity contribution >= 4 is 17.2 Å². The predicted octanol–water partition coefficient (Wildman–Crippen LogP) is 3.33. The fourth-order valence-electron chi connectivity index (χ4n) is 4.45. The lowest BCUT2D eigenvalue weighted by Gasteiger charge is -2.33. The Labute approximate surface area is 223 Å². The second kappa shape index (κ2) is 10.8. The number of alkyl halides is 4. The van der Waals surface area contributed by atoms with Crippen LogP contribution in [-0.2, 0) is 12.0 Å². The Hall–Kier alpha value is -3.79. The summed E-state index contributed by atoms with van der Waals surface area (Å²) in [4.78, 5) is 14.4. The molecule has 1 amide bonds. The van der Waals surface area contributed by atoms with Crippen molar-refractivity contribution in [3.63, 3.8) is 0 Å². The number of rotatable bonds is 5. The zero-order chi connectivity index (χ0) is 28.5. The van der Waals surface area contributed by atoms with Crippen molar-refractivity contribution in [1.82, 2.24) is 29.6 Å². The van der Waals surface area contributed by atoms with Gasteiger partial charge in [-0.1, -0.05) is 12.0 Å². The quantitative estimate of drug-likeness (QED) is 0.334. The first-order valence-corrected chi connectivity index (χ1v) is 12.5. The zero-order valence-corrected chi connectivity index (χ0v) is 22.1. The molecule has 0 aliphatic carbocycles. The average molecular weight is 550 g/mol. The number of carbonyl (C=O) groups is 1. The Morgan fingerprint density at radius 3 is 2.64 bits per heavy atom. The molecule has 0 radical (unpaired) electrons. The molecule has 2 atom stereocenters. The molecule has 210 valence electrons. The smallest absolute Gasteiger partial charge is 0.393 e. The van der Waals surface area contributed by atoms with E-state index in [1.54, 1.807) is 12.1 Å². The number of amides is 1. The molecule has 3 aromatic heterocycles. The van der Waals surface area contributed by atoms with E-state index in [0.717, 1.165) is 0 Å². The van der Waals surface area contributed by atoms with E-state index in [-0.39, 0.29) is 41.3 Å². The number of hydrogen-bond donors (Lipinski definition) is 3. The molecule has 0 unspecified atom stereocenters. The van der Waals surface area contributed by atoms with Gasteiger partial charge in [-0.25, -0.2) is 13.6 Å². The third-order valence-electron chi connectivity index (χ3n) is 6.38. The van der Waals surface area contributed by atoms with Gasteiger partial charge in [0.1, 0.15) is 23.2 Å². The van der Waals surface area contributed by atoms with Crippen LogP contribution in [0.2, 0.25) is 0 Å². The minimum Gasteiger partial charge on any atom is -0.493 e. The minimum absolute atomic E-state index is 0.0481. The molecular formula is C26H31F4N7O2. The van der Waals surface area contributed by atoms with Gasteiger partial charge in [-0.15, -0.1) is 0 Å². The molecular weight excluding hydrogens is 518 g/mol. The van der Waals surface area contributed by atoms with Crippen LogP contribution in [-0.4, -0.2) is 80.4 Å². The molecule has 0 saturated carbocycles. The Kier molecular flexibility index (Phi) is 7.79. The number of likely N-dealkylation sites (tertiary alicyclic amines) is 1. The zero-order valence-electron chi connectivity index (χ0n) is 22.1. The van der Waals surface area contributed by atoms with Crippen LogP contribution in [0.1, 0.15) is 48.8 Å². The number of carbonyl (C=O) groups excluding carboxylic acids is 1. The van der Waals surface area contributed by atoms with Crippen LogP contribution >= 0.6 is 0 Å². The van der Waals surface area contributed by atoms with Crippen molar-refractivity contribution < 1.29 is 27.5 Å². The monoisotopic (exact) mass is 549 g/mol. The van der Waals surface area contributed by atoms with E-state index < -0.39 is 36.3 Å². The number of pyridine rings is 1. The highest BCUT2D eigenvalue weighted by molar-refractivity contribution is 5.96. The number of halogens is 4. The molecule has 13 heteroatoms. The van der Waals surface area contributed by atoms with Crippen molar-refractivity contribution in [2.45, 2.75) is 57.5 Å². The van der Waals surface area contributed by atoms with Crippen LogP contribution < -0.4 is 10.6 Å². The van der Waals surface area contributed by atoms with Gasteiger partial charge < -0.3 is 20.6 Å². The normalized spacial score (nSPS) is 18.6. The maximum Gasteiger partial charge on any atom is 0.393 e. The fourth-order valence-corrected chi connectivity index (χ4v) is 4.45. The Bertz CT molecular complexity index is 1410. The lowest BCUT2D eigenvalue weighted by molar-refractivity contribution is -0.127. The van der Waals surface area contributed by atoms with Gasteiger partial charge >= 0.3 is 6.18 Å². The lowest BCUT2D eigenvalue weighted by atomic mass is 10.0. The van der Waals surface area contributed by atoms with Crippen LogP contribution in [0.15, 0.2) is 24.4 Å². The maximum atomic E-state index is 14.6. The number of nitrogens with zero attached hydrogens (tertiary/aromatic N) is 5. The first-order valence-electron chi connectivity index (χ1n) is 12.5. The van der Waals surface area contributed by atoms with Gasteiger partial charge in [-0.2, -0.15) is 23.4 Å². The van der Waals surface area contributed by atoms with Crippen molar-refractivity contribution in [3.8, 4) is 17.7 Å². The van der Waals surface area contributed by atoms with E-state index in [1.807, 2.05) is 32.7 Å². The summed E-state index contributed by atoms with van der Waals surface area (Å²) in [5.74, 6) is 4.70. The highest BCUT2D eigenvalue weighted by Crippen LogP contribution is 2.29. The second-order valence-electron chi connectivity index (χ2n) is 10.6. The molecule has 0 bridgehead atoms. The van der Waals surface area contributed by atoms with Gasteiger partial charge in [0.05, 0.1) is 36.3 Å². The Morgan fingerprint density at radius 1 is 1.26 bits per heavy atom. The van der Waals surface area contributed by atoms with Crippen LogP contribution in [0, 0.1) is 11.8 Å². The van der Waals surface area contributed by atoms with E-state index >= 15 is 0 Å². The van der Waals surface area contributed by atoms with Gasteiger partial charge in [-0.05, 0) is 52.3 Å². The summed E-state index contributed by atoms with van der Waals surface area (Å²) in [6.45, 7) is 6.16. The number of fused-ring (bicyclic) bond motifs is 1. The number of piperidine rings is 1. The standard InChI is InChI=1S/C26H31F4N7O2/c1-25(2,3)37-24(39)17(14-32-37)23(38)31-11-6-7-19-16(13-26(28,29)30)21-8-5-9-22(36(21)34-19)33-20-10-12-35(4)15-18(20)27/h5,8-9,14,18,20,33,39H,10-13,15H2,1-4H3,(H,31,38)/t18-,20+/m0/s1. The molecule has 3 N–H and O–H groups in total. The van der Waals surface area contributed by atoms with E-state index in [0.29, 0.717) is 18.8 Å². The second-order valence-corrected chi connectivity index (χ2v) is 10.6. The first-order chi connectivity index (χ1) is 18.2. The molecule has 1 saturated heterocycles. The van der Waals surface area contributed by atoms with Gasteiger partial charge in [0.2, 0.25) is 5.88 Å². The fraction of sp³-hybridized carbons (Fsp3) is 0.500. The van der Waals surface area contributed by atoms with Crippen molar-refractivity contribution in [3.05, 3.63) is 41.2 Å². The first kappa shape index (κ1) is 28.2. The van der Waals surface area contributed by atoms with Gasteiger partial charge in [0.25, 0.3) is 5.91 Å². The topological polar surface area (TPSA) is 99.7 Å². The van der Waals surface area contributed by atoms with E-state index in [4.69, 9.17) is 0 Å². The third kappa shape index (κ3) is 6.44. The highest BCUT2D eigenvalue weighted by atomic mass is 19.4. The summed E-state index contributed by atoms with van der Waals surface area (Å²) in [5, 5.41) is 24.3. The molecule has 4 rings (SSSR count). The molecule has 4 heterocycles. The lowest BCUT2D eigenvalue weighted by Crippen LogP contribution is -2.46. The number of aromatic nitrogens is 4. The van der Waals surface area contributed by atoms with Crippen LogP contribution in [0.5, 0.6) is 5.88 Å². The van der Waals surface area contributed by atoms with E-state index in [9.17, 15) is 27.5 Å². The number of aromatic hydroxyl groups is 1.